The molecule has 7 aromatic carbocycles. The third-order valence-corrected chi connectivity index (χ3v) is 21.8. The van der Waals surface area contributed by atoms with Gasteiger partial charge in [0.1, 0.15) is 48.8 Å². The third-order valence-electron chi connectivity index (χ3n) is 16.8. The van der Waals surface area contributed by atoms with Gasteiger partial charge >= 0.3 is 17.9 Å². The van der Waals surface area contributed by atoms with E-state index in [1.807, 2.05) is 195 Å². The Morgan fingerprint density at radius 1 is 0.394 bits per heavy atom. The summed E-state index contributed by atoms with van der Waals surface area (Å²) in [6, 6.07) is 68.2. The van der Waals surface area contributed by atoms with Crippen LogP contribution in [0.2, 0.25) is 5.04 Å². The number of esters is 3. The first-order valence-corrected chi connectivity index (χ1v) is 33.9. The second-order valence-electron chi connectivity index (χ2n) is 24.8. The lowest BCUT2D eigenvalue weighted by Gasteiger charge is -2.51. The topological polar surface area (TPSA) is 201 Å². The second-order valence-corrected chi connectivity index (χ2v) is 29.1. The molecule has 0 aromatic heterocycles. The minimum Gasteiger partial charge on any atom is -0.456 e. The molecule has 15 atom stereocenters. The fourth-order valence-electron chi connectivity index (χ4n) is 12.5. The number of rotatable bonds is 28. The number of carbonyl (C=O) groups excluding carboxylic acids is 3. The Morgan fingerprint density at radius 3 is 1.20 bits per heavy atom. The molecule has 94 heavy (non-hydrogen) atoms. The fourth-order valence-corrected chi connectivity index (χ4v) is 17.1. The molecule has 3 aliphatic heterocycles. The zero-order chi connectivity index (χ0) is 66.0. The van der Waals surface area contributed by atoms with Gasteiger partial charge < -0.3 is 71.1 Å². The maximum atomic E-state index is 13.6. The second kappa shape index (κ2) is 33.4. The summed E-state index contributed by atoms with van der Waals surface area (Å²) in [6.45, 7) is 11.9. The maximum Gasteiger partial charge on any atom is 0.303 e. The summed E-state index contributed by atoms with van der Waals surface area (Å²) < 4.78 is 96.0. The van der Waals surface area contributed by atoms with E-state index in [0.717, 1.165) is 38.2 Å². The first-order valence-electron chi connectivity index (χ1n) is 32.0. The standard InChI is InChI=1S/C75H86O18Si/c1-50-63(81-44-55-31-17-9-18-32-55)66(82-45-56-33-19-10-20-34-56)70(84-47-58-37-23-12-24-38-58)73(86-50)93-67-65(92-74-71(89-53(4)78)68(88-52(3)77)64(87-51(2)76)61(91-74)48-80-43-54-29-15-8-16-30-54)62(90-72(79)69(67)83-46-57-35-21-11-22-36-57)49-85-94(75(5,6)7,59-39-25-13-26-40-59)60-41-27-14-28-42-60/h8-42,50,61-74,79H,43-49H2,1-7H3/t50-,61+,62+,63+,64-,65+,66+,67-,68-,69+,70-,71+,72+,73-,74-/m0/s1. The van der Waals surface area contributed by atoms with E-state index in [-0.39, 0.29) is 46.2 Å². The molecular formula is C75H86O18Si. The smallest absolute Gasteiger partial charge is 0.303 e. The van der Waals surface area contributed by atoms with E-state index in [4.69, 9.17) is 66.0 Å². The highest BCUT2D eigenvalue weighted by Crippen LogP contribution is 2.41. The van der Waals surface area contributed by atoms with Gasteiger partial charge in [0.05, 0.1) is 52.4 Å². The molecule has 10 rings (SSSR count). The van der Waals surface area contributed by atoms with Crippen LogP contribution in [0.3, 0.4) is 0 Å². The van der Waals surface area contributed by atoms with Crippen molar-refractivity contribution in [3.05, 3.63) is 240 Å². The van der Waals surface area contributed by atoms with E-state index in [1.54, 1.807) is 0 Å². The predicted octanol–water partition coefficient (Wildman–Crippen LogP) is 9.87. The number of ether oxygens (including phenoxy) is 13. The van der Waals surface area contributed by atoms with Crippen LogP contribution in [-0.4, -0.2) is 137 Å². The van der Waals surface area contributed by atoms with Crippen LogP contribution in [0.25, 0.3) is 0 Å². The molecule has 0 bridgehead atoms. The zero-order valence-electron chi connectivity index (χ0n) is 54.2. The van der Waals surface area contributed by atoms with Crippen LogP contribution in [-0.2, 0) is 113 Å². The lowest BCUT2D eigenvalue weighted by atomic mass is 9.95. The molecular weight excluding hydrogens is 1220 g/mol. The van der Waals surface area contributed by atoms with E-state index in [1.165, 1.54) is 20.8 Å². The van der Waals surface area contributed by atoms with Crippen molar-refractivity contribution < 1.29 is 85.5 Å². The van der Waals surface area contributed by atoms with Crippen molar-refractivity contribution in [1.29, 1.82) is 0 Å². The van der Waals surface area contributed by atoms with E-state index in [9.17, 15) is 19.5 Å². The molecule has 0 unspecified atom stereocenters. The number of aliphatic hydroxyl groups is 1. The van der Waals surface area contributed by atoms with Gasteiger partial charge in [0.15, 0.2) is 37.2 Å². The Bertz CT molecular complexity index is 3370. The molecule has 7 aromatic rings. The minimum atomic E-state index is -3.46. The molecule has 0 amide bonds. The molecule has 1 N–H and O–H groups in total. The van der Waals surface area contributed by atoms with Crippen LogP contribution in [0, 0.1) is 0 Å². The summed E-state index contributed by atoms with van der Waals surface area (Å²) in [5, 5.41) is 14.3. The van der Waals surface area contributed by atoms with Crippen molar-refractivity contribution in [2.75, 3.05) is 13.2 Å². The molecule has 19 heteroatoms. The van der Waals surface area contributed by atoms with E-state index in [0.29, 0.717) is 0 Å². The third kappa shape index (κ3) is 18.0. The molecule has 3 fully saturated rings. The molecule has 0 saturated carbocycles. The molecule has 0 aliphatic carbocycles. The highest BCUT2D eigenvalue weighted by Gasteiger charge is 2.59. The van der Waals surface area contributed by atoms with Crippen molar-refractivity contribution in [2.24, 2.45) is 0 Å². The average molecular weight is 1300 g/mol. The summed E-state index contributed by atoms with van der Waals surface area (Å²) in [4.78, 5) is 40.1. The van der Waals surface area contributed by atoms with Gasteiger partial charge in [-0.15, -0.1) is 0 Å². The first-order chi connectivity index (χ1) is 45.5. The normalized spacial score (nSPS) is 26.4. The Hall–Kier alpha value is -7.31. The number of hydrogen-bond acceptors (Lipinski definition) is 18. The monoisotopic (exact) mass is 1300 g/mol. The Morgan fingerprint density at radius 2 is 0.755 bits per heavy atom. The number of hydrogen-bond donors (Lipinski definition) is 1. The van der Waals surface area contributed by atoms with Crippen LogP contribution >= 0.6 is 0 Å². The lowest BCUT2D eigenvalue weighted by molar-refractivity contribution is -0.391. The first kappa shape index (κ1) is 69.5. The van der Waals surface area contributed by atoms with Crippen molar-refractivity contribution >= 4 is 36.6 Å². The van der Waals surface area contributed by atoms with Gasteiger partial charge in [0.2, 0.25) is 0 Å². The highest BCUT2D eigenvalue weighted by molar-refractivity contribution is 6.99. The van der Waals surface area contributed by atoms with Crippen LogP contribution in [0.4, 0.5) is 0 Å². The van der Waals surface area contributed by atoms with Crippen molar-refractivity contribution in [3.63, 3.8) is 0 Å². The van der Waals surface area contributed by atoms with Gasteiger partial charge in [-0.3, -0.25) is 14.4 Å². The zero-order valence-corrected chi connectivity index (χ0v) is 55.2. The molecule has 3 aliphatic rings. The van der Waals surface area contributed by atoms with E-state index < -0.39 is 123 Å². The van der Waals surface area contributed by atoms with Gasteiger partial charge in [0, 0.05) is 20.8 Å². The molecule has 3 saturated heterocycles. The van der Waals surface area contributed by atoms with E-state index >= 15 is 0 Å². The Kier molecular flexibility index (Phi) is 24.7. The van der Waals surface area contributed by atoms with Crippen molar-refractivity contribution in [2.45, 2.75) is 179 Å². The van der Waals surface area contributed by atoms with Crippen LogP contribution in [0.1, 0.15) is 76.3 Å². The van der Waals surface area contributed by atoms with Gasteiger partial charge in [0.25, 0.3) is 8.32 Å². The SMILES string of the molecule is CC(=O)O[C@H]1[C@@H](OC(C)=O)[C@@H](COCc2ccccc2)O[C@@H](O[C@H]2[C@H](O[C@@H]3O[C@@H](C)[C@@H](OCc4ccccc4)[C@@H](OCc4ccccc4)[C@@H]3OCc3ccccc3)[C@@H](OCc3ccccc3)[C@H](O)O[C@@H]2CO[Si](c2ccccc2)(c2ccccc2)C(C)(C)C)[C@@H]1OC(C)=O. The summed E-state index contributed by atoms with van der Waals surface area (Å²) >= 11 is 0. The van der Waals surface area contributed by atoms with Crippen molar-refractivity contribution in [3.8, 4) is 0 Å². The number of benzene rings is 7. The summed E-state index contributed by atoms with van der Waals surface area (Å²) in [6.07, 6.45) is -19.8. The van der Waals surface area contributed by atoms with Crippen LogP contribution in [0.15, 0.2) is 212 Å². The van der Waals surface area contributed by atoms with Crippen LogP contribution < -0.4 is 10.4 Å². The molecule has 498 valence electrons. The van der Waals surface area contributed by atoms with Gasteiger partial charge in [-0.2, -0.15) is 0 Å². The predicted molar refractivity (Wildman–Crippen MR) is 350 cm³/mol. The van der Waals surface area contributed by atoms with Gasteiger partial charge in [-0.1, -0.05) is 233 Å². The number of aliphatic hydroxyl groups excluding tert-OH is 1. The van der Waals surface area contributed by atoms with E-state index in [2.05, 4.69) is 45.0 Å². The highest BCUT2D eigenvalue weighted by atomic mass is 28.4. The summed E-state index contributed by atoms with van der Waals surface area (Å²) in [5.41, 5.74) is 4.25. The Labute approximate surface area is 551 Å². The average Bonchev–Trinajstić information content (AvgIpc) is 0.743. The summed E-state index contributed by atoms with van der Waals surface area (Å²) in [7, 11) is -3.46. The van der Waals surface area contributed by atoms with Gasteiger partial charge in [-0.25, -0.2) is 0 Å². The van der Waals surface area contributed by atoms with Gasteiger partial charge in [-0.05, 0) is 50.2 Å². The maximum absolute atomic E-state index is 13.6. The molecule has 18 nitrogen and oxygen atoms in total. The van der Waals surface area contributed by atoms with Crippen molar-refractivity contribution in [1.82, 2.24) is 0 Å². The lowest BCUT2D eigenvalue weighted by Crippen LogP contribution is -2.70. The molecule has 3 heterocycles. The number of carbonyl (C=O) groups is 3. The quantitative estimate of drug-likeness (QED) is 0.0276. The Balaban J connectivity index is 1.13. The fraction of sp³-hybridized carbons (Fsp3) is 0.400. The largest absolute Gasteiger partial charge is 0.456 e. The summed E-state index contributed by atoms with van der Waals surface area (Å²) in [5.74, 6) is -2.35. The minimum absolute atomic E-state index is 0.0504. The molecule has 0 spiro atoms. The van der Waals surface area contributed by atoms with Crippen LogP contribution in [0.5, 0.6) is 0 Å². The molecule has 0 radical (unpaired) electrons.